The fourth-order valence-corrected chi connectivity index (χ4v) is 6.87. The van der Waals surface area contributed by atoms with Gasteiger partial charge in [0.1, 0.15) is 38.9 Å². The maximum Gasteiger partial charge on any atom is 0.350 e. The second-order valence-electron chi connectivity index (χ2n) is 10.9. The van der Waals surface area contributed by atoms with Crippen molar-refractivity contribution in [1.82, 2.24) is 10.3 Å². The monoisotopic (exact) mass is 595 g/mol. The second kappa shape index (κ2) is 10.6. The molecule has 5 rings (SSSR count). The van der Waals surface area contributed by atoms with Crippen molar-refractivity contribution in [2.75, 3.05) is 24.6 Å². The molecule has 1 aromatic heterocycles. The van der Waals surface area contributed by atoms with E-state index in [9.17, 15) is 29.4 Å². The van der Waals surface area contributed by atoms with E-state index >= 15 is 0 Å². The van der Waals surface area contributed by atoms with Gasteiger partial charge in [0.15, 0.2) is 22.5 Å². The number of thiazole rings is 1. The summed E-state index contributed by atoms with van der Waals surface area (Å²) in [5, 5.41) is 25.6. The van der Waals surface area contributed by atoms with E-state index in [-0.39, 0.29) is 51.5 Å². The zero-order valence-corrected chi connectivity index (χ0v) is 25.2. The molecular formula is C30H33N3O8S. The molecule has 3 aliphatic rings. The van der Waals surface area contributed by atoms with E-state index in [1.807, 2.05) is 0 Å². The lowest BCUT2D eigenvalue weighted by atomic mass is 9.70. The van der Waals surface area contributed by atoms with Crippen molar-refractivity contribution >= 4 is 39.8 Å². The highest BCUT2D eigenvalue weighted by molar-refractivity contribution is 7.17. The number of Topliss-reactive ketones (excluding diaryl/α,β-unsaturated/α-hetero) is 2. The number of aryl methyl sites for hydroxylation is 1. The molecule has 1 fully saturated rings. The van der Waals surface area contributed by atoms with Crippen LogP contribution in [0.15, 0.2) is 23.1 Å². The number of nitrogens with one attached hydrogen (secondary N) is 1. The lowest BCUT2D eigenvalue weighted by Crippen LogP contribution is -2.44. The minimum atomic E-state index is -1.56. The third-order valence-corrected chi connectivity index (χ3v) is 9.39. The quantitative estimate of drug-likeness (QED) is 0.193. The molecule has 42 heavy (non-hydrogen) atoms. The summed E-state index contributed by atoms with van der Waals surface area (Å²) in [6, 6.07) is -0.0258. The maximum absolute atomic E-state index is 14.0. The number of ketones is 3. The van der Waals surface area contributed by atoms with E-state index in [1.54, 1.807) is 27.7 Å². The predicted octanol–water partition coefficient (Wildman–Crippen LogP) is 3.77. The fourth-order valence-electron chi connectivity index (χ4n) is 5.86. The van der Waals surface area contributed by atoms with Crippen LogP contribution in [0.25, 0.3) is 0 Å². The molecule has 0 unspecified atom stereocenters. The number of phenols is 2. The Kier molecular flexibility index (Phi) is 7.38. The molecule has 222 valence electrons. The van der Waals surface area contributed by atoms with Crippen LogP contribution in [0.1, 0.15) is 77.4 Å². The van der Waals surface area contributed by atoms with Crippen molar-refractivity contribution in [2.24, 2.45) is 0 Å². The first-order valence-electron chi connectivity index (χ1n) is 13.8. The predicted molar refractivity (Wildman–Crippen MR) is 154 cm³/mol. The van der Waals surface area contributed by atoms with Crippen LogP contribution in [-0.2, 0) is 19.7 Å². The van der Waals surface area contributed by atoms with Gasteiger partial charge in [-0.15, -0.1) is 0 Å². The van der Waals surface area contributed by atoms with Gasteiger partial charge in [-0.25, -0.2) is 9.78 Å². The Hall–Kier alpha value is -4.19. The van der Waals surface area contributed by atoms with Gasteiger partial charge in [0, 0.05) is 36.5 Å². The fraction of sp³-hybridized carbons (Fsp3) is 0.433. The van der Waals surface area contributed by atoms with Gasteiger partial charge in [0.25, 0.3) is 0 Å². The number of aromatic nitrogens is 1. The zero-order valence-electron chi connectivity index (χ0n) is 24.3. The van der Waals surface area contributed by atoms with Gasteiger partial charge < -0.3 is 29.9 Å². The smallest absolute Gasteiger partial charge is 0.350 e. The summed E-state index contributed by atoms with van der Waals surface area (Å²) in [6.45, 7) is 11.1. The SMILES string of the molecule is CCOC(=O)c1sc(N2CCC(NC(C)=C3C(=O)C=C4Oc5c(C(C)=O)c(O)c(C)c(O)c5[C@@]4(C)C3=O)CC2)nc1C. The minimum Gasteiger partial charge on any atom is -0.507 e. The third kappa shape index (κ3) is 4.44. The van der Waals surface area contributed by atoms with Crippen LogP contribution < -0.4 is 15.0 Å². The number of anilines is 1. The van der Waals surface area contributed by atoms with E-state index in [1.165, 1.54) is 31.3 Å². The average Bonchev–Trinajstić information content (AvgIpc) is 3.46. The minimum absolute atomic E-state index is 0.00101. The molecule has 0 bridgehead atoms. The number of allylic oxidation sites excluding steroid dienone is 4. The number of hydrogen-bond donors (Lipinski definition) is 3. The molecule has 3 N–H and O–H groups in total. The van der Waals surface area contributed by atoms with Gasteiger partial charge in [-0.05, 0) is 54.4 Å². The number of phenolic OH excluding ortho intramolecular Hbond substituents is 2. The van der Waals surface area contributed by atoms with Crippen LogP contribution in [-0.4, -0.2) is 64.3 Å². The normalized spacial score (nSPS) is 21.4. The zero-order chi connectivity index (χ0) is 30.7. The van der Waals surface area contributed by atoms with Crippen molar-refractivity contribution in [3.63, 3.8) is 0 Å². The van der Waals surface area contributed by atoms with Crippen LogP contribution in [0.3, 0.4) is 0 Å². The van der Waals surface area contributed by atoms with Crippen molar-refractivity contribution in [2.45, 2.75) is 65.8 Å². The summed E-state index contributed by atoms with van der Waals surface area (Å²) in [4.78, 5) is 59.0. The molecule has 0 spiro atoms. The average molecular weight is 596 g/mol. The number of hydrogen-bond acceptors (Lipinski definition) is 12. The Bertz CT molecular complexity index is 1610. The van der Waals surface area contributed by atoms with Crippen molar-refractivity contribution in [1.29, 1.82) is 0 Å². The van der Waals surface area contributed by atoms with E-state index < -0.39 is 28.5 Å². The number of benzene rings is 1. The number of aromatic hydroxyl groups is 2. The Balaban J connectivity index is 1.38. The van der Waals surface area contributed by atoms with Crippen LogP contribution in [0.2, 0.25) is 0 Å². The van der Waals surface area contributed by atoms with Gasteiger partial charge in [-0.2, -0.15) is 0 Å². The number of rotatable bonds is 6. The first-order valence-corrected chi connectivity index (χ1v) is 14.6. The summed E-state index contributed by atoms with van der Waals surface area (Å²) in [5.41, 5.74) is -0.605. The van der Waals surface area contributed by atoms with E-state index in [0.717, 1.165) is 5.13 Å². The van der Waals surface area contributed by atoms with Gasteiger partial charge in [0.2, 0.25) is 0 Å². The largest absolute Gasteiger partial charge is 0.507 e. The number of nitrogens with zero attached hydrogens (tertiary/aromatic N) is 2. The Morgan fingerprint density at radius 1 is 1.19 bits per heavy atom. The maximum atomic E-state index is 14.0. The number of esters is 1. The summed E-state index contributed by atoms with van der Waals surface area (Å²) >= 11 is 1.31. The molecular weight excluding hydrogens is 562 g/mol. The third-order valence-electron chi connectivity index (χ3n) is 8.19. The van der Waals surface area contributed by atoms with Gasteiger partial charge in [-0.3, -0.25) is 14.4 Å². The molecule has 12 heteroatoms. The van der Waals surface area contributed by atoms with Crippen molar-refractivity contribution in [3.8, 4) is 17.2 Å². The number of fused-ring (bicyclic) bond motifs is 3. The summed E-state index contributed by atoms with van der Waals surface area (Å²) in [5.74, 6) is -2.88. The molecule has 11 nitrogen and oxygen atoms in total. The highest BCUT2D eigenvalue weighted by Gasteiger charge is 2.56. The number of ether oxygens (including phenoxy) is 2. The molecule has 1 atom stereocenters. The number of carbonyl (C=O) groups is 4. The molecule has 2 aliphatic heterocycles. The highest BCUT2D eigenvalue weighted by Crippen LogP contribution is 2.57. The van der Waals surface area contributed by atoms with Gasteiger partial charge >= 0.3 is 5.97 Å². The summed E-state index contributed by atoms with van der Waals surface area (Å²) in [7, 11) is 0. The molecule has 2 aromatic rings. The Morgan fingerprint density at radius 3 is 2.48 bits per heavy atom. The van der Waals surface area contributed by atoms with E-state index in [4.69, 9.17) is 9.47 Å². The molecule has 1 saturated heterocycles. The highest BCUT2D eigenvalue weighted by atomic mass is 32.1. The first kappa shape index (κ1) is 29.3. The number of carbonyl (C=O) groups excluding carboxylic acids is 4. The standard InChI is InChI=1S/C30H33N3O8S/c1-7-40-28(39)26-15(4)32-29(42-26)33-10-8-17(9-11-33)31-14(3)20-18(35)12-19-30(6,27(20)38)22-24(37)13(2)23(36)21(16(5)34)25(22)41-19/h12,17,31,36-37H,7-11H2,1-6H3/t30-/m0/s1. The van der Waals surface area contributed by atoms with Crippen molar-refractivity contribution < 1.29 is 38.9 Å². The second-order valence-corrected chi connectivity index (χ2v) is 11.9. The number of piperidine rings is 1. The first-order chi connectivity index (χ1) is 19.8. The summed E-state index contributed by atoms with van der Waals surface area (Å²) in [6.07, 6.45) is 2.62. The molecule has 1 aromatic carbocycles. The Morgan fingerprint density at radius 2 is 1.86 bits per heavy atom. The lowest BCUT2D eigenvalue weighted by Gasteiger charge is -2.34. The van der Waals surface area contributed by atoms with Gasteiger partial charge in [-0.1, -0.05) is 11.3 Å². The Labute approximate surface area is 246 Å². The molecule has 1 aliphatic carbocycles. The lowest BCUT2D eigenvalue weighted by molar-refractivity contribution is -0.123. The van der Waals surface area contributed by atoms with Crippen LogP contribution in [0.4, 0.5) is 5.13 Å². The van der Waals surface area contributed by atoms with Gasteiger partial charge in [0.05, 0.1) is 23.4 Å². The van der Waals surface area contributed by atoms with Crippen LogP contribution >= 0.6 is 11.3 Å². The summed E-state index contributed by atoms with van der Waals surface area (Å²) < 4.78 is 11.0. The van der Waals surface area contributed by atoms with E-state index in [0.29, 0.717) is 48.8 Å². The van der Waals surface area contributed by atoms with Crippen LogP contribution in [0, 0.1) is 13.8 Å². The molecule has 0 amide bonds. The van der Waals surface area contributed by atoms with Crippen molar-refractivity contribution in [3.05, 3.63) is 50.4 Å². The molecule has 3 heterocycles. The molecule has 0 radical (unpaired) electrons. The molecule has 0 saturated carbocycles. The van der Waals surface area contributed by atoms with E-state index in [2.05, 4.69) is 15.2 Å². The topological polar surface area (TPSA) is 155 Å². The van der Waals surface area contributed by atoms with Crippen LogP contribution in [0.5, 0.6) is 17.2 Å².